The molecule has 130 valence electrons. The first-order valence-corrected chi connectivity index (χ1v) is 8.46. The average Bonchev–Trinajstić information content (AvgIpc) is 3.07. The molecule has 1 saturated heterocycles. The van der Waals surface area contributed by atoms with Crippen molar-refractivity contribution in [2.75, 3.05) is 16.8 Å². The molecule has 0 radical (unpaired) electrons. The Hall–Kier alpha value is -3.41. The zero-order chi connectivity index (χ0) is 18.1. The van der Waals surface area contributed by atoms with Crippen LogP contribution in [-0.2, 0) is 4.79 Å². The van der Waals surface area contributed by atoms with Crippen molar-refractivity contribution in [2.45, 2.75) is 12.8 Å². The van der Waals surface area contributed by atoms with Gasteiger partial charge in [0, 0.05) is 18.5 Å². The Labute approximate surface area is 149 Å². The van der Waals surface area contributed by atoms with Gasteiger partial charge in [-0.2, -0.15) is 0 Å². The maximum atomic E-state index is 12.7. The van der Waals surface area contributed by atoms with E-state index in [4.69, 9.17) is 0 Å². The summed E-state index contributed by atoms with van der Waals surface area (Å²) in [5.41, 5.74) is 1.43. The summed E-state index contributed by atoms with van der Waals surface area (Å²) in [6, 6.07) is 16.0. The van der Waals surface area contributed by atoms with Gasteiger partial charge < -0.3 is 15.2 Å². The van der Waals surface area contributed by atoms with E-state index in [1.54, 1.807) is 35.2 Å². The standard InChI is InChI=1S/C20H17N3O3/c24-18-10-5-11-23(18)17-9-4-3-8-16(17)22-20(26)14-12-13-6-1-2-7-15(13)21-19(14)25/h1-4,6-9,12H,5,10-11H2,(H,21,25)(H,22,26). The summed E-state index contributed by atoms with van der Waals surface area (Å²) in [7, 11) is 0. The number of amides is 2. The molecule has 26 heavy (non-hydrogen) atoms. The summed E-state index contributed by atoms with van der Waals surface area (Å²) in [5.74, 6) is -0.466. The number of nitrogens with one attached hydrogen (secondary N) is 2. The maximum Gasteiger partial charge on any atom is 0.261 e. The molecule has 0 spiro atoms. The van der Waals surface area contributed by atoms with Gasteiger partial charge in [-0.25, -0.2) is 0 Å². The molecule has 2 N–H and O–H groups in total. The summed E-state index contributed by atoms with van der Waals surface area (Å²) < 4.78 is 0. The van der Waals surface area contributed by atoms with Gasteiger partial charge in [0.05, 0.1) is 11.4 Å². The lowest BCUT2D eigenvalue weighted by Crippen LogP contribution is -2.27. The van der Waals surface area contributed by atoms with Crippen LogP contribution < -0.4 is 15.8 Å². The fraction of sp³-hybridized carbons (Fsp3) is 0.150. The van der Waals surface area contributed by atoms with Gasteiger partial charge in [0.15, 0.2) is 0 Å². The number of pyridine rings is 1. The van der Waals surface area contributed by atoms with E-state index in [0.29, 0.717) is 29.9 Å². The van der Waals surface area contributed by atoms with Crippen LogP contribution in [-0.4, -0.2) is 23.3 Å². The third-order valence-electron chi connectivity index (χ3n) is 4.51. The van der Waals surface area contributed by atoms with E-state index in [1.807, 2.05) is 24.3 Å². The SMILES string of the molecule is O=C(Nc1ccccc1N1CCCC1=O)c1cc2ccccc2[nH]c1=O. The van der Waals surface area contributed by atoms with E-state index in [9.17, 15) is 14.4 Å². The minimum absolute atomic E-state index is 0.0336. The molecule has 1 aromatic heterocycles. The number of fused-ring (bicyclic) bond motifs is 1. The van der Waals surface area contributed by atoms with Crippen LogP contribution in [0.1, 0.15) is 23.2 Å². The predicted molar refractivity (Wildman–Crippen MR) is 101 cm³/mol. The highest BCUT2D eigenvalue weighted by Gasteiger charge is 2.24. The van der Waals surface area contributed by atoms with Crippen molar-refractivity contribution in [3.63, 3.8) is 0 Å². The lowest BCUT2D eigenvalue weighted by molar-refractivity contribution is -0.117. The number of benzene rings is 2. The number of H-pyrrole nitrogens is 1. The van der Waals surface area contributed by atoms with Crippen molar-refractivity contribution in [3.8, 4) is 0 Å². The molecule has 4 rings (SSSR count). The van der Waals surface area contributed by atoms with Crippen molar-refractivity contribution in [3.05, 3.63) is 70.5 Å². The second-order valence-corrected chi connectivity index (χ2v) is 6.22. The average molecular weight is 347 g/mol. The largest absolute Gasteiger partial charge is 0.321 e. The lowest BCUT2D eigenvalue weighted by atomic mass is 10.1. The highest BCUT2D eigenvalue weighted by molar-refractivity contribution is 6.08. The molecule has 2 heterocycles. The summed E-state index contributed by atoms with van der Waals surface area (Å²) in [6.45, 7) is 0.627. The molecule has 0 bridgehead atoms. The van der Waals surface area contributed by atoms with Crippen LogP contribution >= 0.6 is 0 Å². The molecule has 2 amide bonds. The van der Waals surface area contributed by atoms with Crippen molar-refractivity contribution < 1.29 is 9.59 Å². The van der Waals surface area contributed by atoms with Crippen LogP contribution in [0.3, 0.4) is 0 Å². The number of carbonyl (C=O) groups excluding carboxylic acids is 2. The number of hydrogen-bond donors (Lipinski definition) is 2. The van der Waals surface area contributed by atoms with E-state index < -0.39 is 11.5 Å². The highest BCUT2D eigenvalue weighted by Crippen LogP contribution is 2.29. The summed E-state index contributed by atoms with van der Waals surface area (Å²) in [4.78, 5) is 41.4. The van der Waals surface area contributed by atoms with E-state index in [-0.39, 0.29) is 11.5 Å². The van der Waals surface area contributed by atoms with E-state index in [0.717, 1.165) is 11.8 Å². The molecule has 0 unspecified atom stereocenters. The van der Waals surface area contributed by atoms with Crippen LogP contribution in [0.25, 0.3) is 10.9 Å². The molecule has 6 nitrogen and oxygen atoms in total. The Morgan fingerprint density at radius 1 is 1.04 bits per heavy atom. The first-order valence-electron chi connectivity index (χ1n) is 8.46. The van der Waals surface area contributed by atoms with Crippen LogP contribution in [0.15, 0.2) is 59.4 Å². The molecule has 2 aromatic carbocycles. The third-order valence-corrected chi connectivity index (χ3v) is 4.51. The van der Waals surface area contributed by atoms with E-state index >= 15 is 0 Å². The predicted octanol–water partition coefficient (Wildman–Crippen LogP) is 2.91. The first-order chi connectivity index (χ1) is 12.6. The molecule has 3 aromatic rings. The molecule has 0 saturated carbocycles. The van der Waals surface area contributed by atoms with Crippen molar-refractivity contribution in [1.82, 2.24) is 4.98 Å². The number of rotatable bonds is 3. The van der Waals surface area contributed by atoms with Gasteiger partial charge >= 0.3 is 0 Å². The minimum atomic E-state index is -0.504. The number of aromatic amines is 1. The molecule has 1 aliphatic heterocycles. The zero-order valence-corrected chi connectivity index (χ0v) is 14.0. The second kappa shape index (κ2) is 6.48. The molecule has 0 aliphatic carbocycles. The second-order valence-electron chi connectivity index (χ2n) is 6.22. The monoisotopic (exact) mass is 347 g/mol. The fourth-order valence-corrected chi connectivity index (χ4v) is 3.22. The quantitative estimate of drug-likeness (QED) is 0.764. The van der Waals surface area contributed by atoms with Crippen LogP contribution in [0.2, 0.25) is 0 Å². The summed E-state index contributed by atoms with van der Waals surface area (Å²) in [6.07, 6.45) is 1.30. The molecular formula is C20H17N3O3. The van der Waals surface area contributed by atoms with Crippen molar-refractivity contribution >= 4 is 34.1 Å². The Morgan fingerprint density at radius 3 is 2.62 bits per heavy atom. The molecule has 6 heteroatoms. The van der Waals surface area contributed by atoms with Crippen molar-refractivity contribution in [2.24, 2.45) is 0 Å². The van der Waals surface area contributed by atoms with E-state index in [1.165, 1.54) is 0 Å². The van der Waals surface area contributed by atoms with Crippen LogP contribution in [0.5, 0.6) is 0 Å². The summed E-state index contributed by atoms with van der Waals surface area (Å²) in [5, 5.41) is 3.55. The van der Waals surface area contributed by atoms with Crippen LogP contribution in [0, 0.1) is 0 Å². The van der Waals surface area contributed by atoms with Gasteiger partial charge in [0.2, 0.25) is 5.91 Å². The third kappa shape index (κ3) is 2.86. The number of aromatic nitrogens is 1. The fourth-order valence-electron chi connectivity index (χ4n) is 3.22. The first kappa shape index (κ1) is 16.1. The molecule has 1 aliphatic rings. The Morgan fingerprint density at radius 2 is 1.81 bits per heavy atom. The van der Waals surface area contributed by atoms with Gasteiger partial charge in [-0.3, -0.25) is 14.4 Å². The Balaban J connectivity index is 1.68. The number of carbonyl (C=O) groups is 2. The molecular weight excluding hydrogens is 330 g/mol. The molecule has 1 fully saturated rings. The summed E-state index contributed by atoms with van der Waals surface area (Å²) >= 11 is 0. The Kier molecular flexibility index (Phi) is 4.01. The topological polar surface area (TPSA) is 82.3 Å². The minimum Gasteiger partial charge on any atom is -0.321 e. The number of anilines is 2. The van der Waals surface area contributed by atoms with Gasteiger partial charge in [-0.1, -0.05) is 30.3 Å². The van der Waals surface area contributed by atoms with Gasteiger partial charge in [0.25, 0.3) is 11.5 Å². The normalized spacial score (nSPS) is 14.0. The van der Waals surface area contributed by atoms with Gasteiger partial charge in [-0.15, -0.1) is 0 Å². The smallest absolute Gasteiger partial charge is 0.261 e. The van der Waals surface area contributed by atoms with Crippen LogP contribution in [0.4, 0.5) is 11.4 Å². The highest BCUT2D eigenvalue weighted by atomic mass is 16.2. The zero-order valence-electron chi connectivity index (χ0n) is 14.0. The van der Waals surface area contributed by atoms with Crippen molar-refractivity contribution in [1.29, 1.82) is 0 Å². The molecule has 0 atom stereocenters. The number of nitrogens with zero attached hydrogens (tertiary/aromatic N) is 1. The van der Waals surface area contributed by atoms with Gasteiger partial charge in [0.1, 0.15) is 5.56 Å². The van der Waals surface area contributed by atoms with Gasteiger partial charge in [-0.05, 0) is 36.1 Å². The maximum absolute atomic E-state index is 12.7. The number of para-hydroxylation sites is 3. The number of hydrogen-bond acceptors (Lipinski definition) is 3. The lowest BCUT2D eigenvalue weighted by Gasteiger charge is -2.19. The Bertz CT molecular complexity index is 1070. The van der Waals surface area contributed by atoms with E-state index in [2.05, 4.69) is 10.3 Å².